The van der Waals surface area contributed by atoms with E-state index in [0.717, 1.165) is 42.6 Å². The van der Waals surface area contributed by atoms with E-state index >= 15 is 0 Å². The summed E-state index contributed by atoms with van der Waals surface area (Å²) in [5, 5.41) is 5.12. The molecule has 1 atom stereocenters. The Balaban J connectivity index is 1.90. The van der Waals surface area contributed by atoms with Gasteiger partial charge in [-0.05, 0) is 38.7 Å². The molecule has 0 saturated carbocycles. The van der Waals surface area contributed by atoms with Crippen molar-refractivity contribution in [2.75, 3.05) is 25.6 Å². The average molecular weight is 329 g/mol. The Kier molecular flexibility index (Phi) is 4.66. The van der Waals surface area contributed by atoms with Crippen LogP contribution in [0.4, 0.5) is 5.82 Å². The van der Waals surface area contributed by atoms with Crippen molar-refractivity contribution in [1.29, 1.82) is 0 Å². The molecule has 1 aliphatic heterocycles. The zero-order valence-corrected chi connectivity index (χ0v) is 14.3. The number of hydrogen-bond acceptors (Lipinski definition) is 6. The molecule has 6 nitrogen and oxygen atoms in total. The first kappa shape index (κ1) is 16.6. The third-order valence-corrected chi connectivity index (χ3v) is 4.37. The zero-order chi connectivity index (χ0) is 17.2. The van der Waals surface area contributed by atoms with Crippen LogP contribution in [0.1, 0.15) is 37.0 Å². The number of methoxy groups -OCH3 is 1. The summed E-state index contributed by atoms with van der Waals surface area (Å²) >= 11 is 0. The highest BCUT2D eigenvalue weighted by atomic mass is 16.5. The maximum absolute atomic E-state index is 11.9. The molecule has 1 unspecified atom stereocenters. The van der Waals surface area contributed by atoms with Crippen LogP contribution in [0.5, 0.6) is 0 Å². The summed E-state index contributed by atoms with van der Waals surface area (Å²) < 4.78 is 10.3. The van der Waals surface area contributed by atoms with Gasteiger partial charge in [-0.15, -0.1) is 0 Å². The third-order valence-electron chi connectivity index (χ3n) is 4.37. The van der Waals surface area contributed by atoms with E-state index in [0.29, 0.717) is 11.5 Å². The summed E-state index contributed by atoms with van der Waals surface area (Å²) in [6.45, 7) is 5.98. The minimum Gasteiger partial charge on any atom is -0.465 e. The minimum atomic E-state index is -0.396. The van der Waals surface area contributed by atoms with Crippen LogP contribution in [0, 0.1) is 5.92 Å². The monoisotopic (exact) mass is 329 g/mol. The van der Waals surface area contributed by atoms with Gasteiger partial charge in [0.2, 0.25) is 0 Å². The van der Waals surface area contributed by atoms with E-state index < -0.39 is 5.97 Å². The number of fused-ring (bicyclic) bond motifs is 1. The lowest BCUT2D eigenvalue weighted by atomic mass is 9.90. The number of ether oxygens (including phenoxy) is 2. The Morgan fingerprint density at radius 3 is 2.96 bits per heavy atom. The SMILES string of the molecule is COC(=O)c1cncc2c(NC(C)(C)CC3CCOC3)nccc12. The Labute approximate surface area is 141 Å². The summed E-state index contributed by atoms with van der Waals surface area (Å²) in [5.74, 6) is 0.897. The summed E-state index contributed by atoms with van der Waals surface area (Å²) in [7, 11) is 1.37. The van der Waals surface area contributed by atoms with Crippen molar-refractivity contribution in [1.82, 2.24) is 9.97 Å². The van der Waals surface area contributed by atoms with Crippen molar-refractivity contribution < 1.29 is 14.3 Å². The van der Waals surface area contributed by atoms with E-state index in [4.69, 9.17) is 9.47 Å². The fourth-order valence-corrected chi connectivity index (χ4v) is 3.30. The molecule has 1 fully saturated rings. The Hall–Kier alpha value is -2.21. The summed E-state index contributed by atoms with van der Waals surface area (Å²) in [6.07, 6.45) is 7.05. The lowest BCUT2D eigenvalue weighted by Crippen LogP contribution is -2.34. The number of carbonyl (C=O) groups is 1. The molecule has 1 N–H and O–H groups in total. The maximum Gasteiger partial charge on any atom is 0.340 e. The Morgan fingerprint density at radius 1 is 1.42 bits per heavy atom. The molecule has 0 aliphatic carbocycles. The molecule has 1 saturated heterocycles. The van der Waals surface area contributed by atoms with Gasteiger partial charge in [0.15, 0.2) is 0 Å². The minimum absolute atomic E-state index is 0.138. The van der Waals surface area contributed by atoms with E-state index in [1.54, 1.807) is 12.4 Å². The first-order valence-electron chi connectivity index (χ1n) is 8.17. The zero-order valence-electron chi connectivity index (χ0n) is 14.3. The Morgan fingerprint density at radius 2 is 2.25 bits per heavy atom. The molecule has 128 valence electrons. The second kappa shape index (κ2) is 6.73. The van der Waals surface area contributed by atoms with E-state index in [1.165, 1.54) is 13.3 Å². The topological polar surface area (TPSA) is 73.3 Å². The number of nitrogens with zero attached hydrogens (tertiary/aromatic N) is 2. The second-order valence-corrected chi connectivity index (χ2v) is 6.88. The summed E-state index contributed by atoms with van der Waals surface area (Å²) in [4.78, 5) is 20.6. The van der Waals surface area contributed by atoms with Crippen molar-refractivity contribution >= 4 is 22.6 Å². The van der Waals surface area contributed by atoms with Crippen LogP contribution in [0.15, 0.2) is 24.7 Å². The van der Waals surface area contributed by atoms with E-state index in [2.05, 4.69) is 29.1 Å². The lowest BCUT2D eigenvalue weighted by molar-refractivity contribution is 0.0602. The molecule has 2 aromatic heterocycles. The maximum atomic E-state index is 11.9. The van der Waals surface area contributed by atoms with Gasteiger partial charge < -0.3 is 14.8 Å². The molecule has 6 heteroatoms. The van der Waals surface area contributed by atoms with Gasteiger partial charge in [0.05, 0.1) is 12.7 Å². The predicted octanol–water partition coefficient (Wildman–Crippen LogP) is 3.03. The van der Waals surface area contributed by atoms with Crippen molar-refractivity contribution in [2.24, 2.45) is 5.92 Å². The average Bonchev–Trinajstić information content (AvgIpc) is 3.05. The third kappa shape index (κ3) is 3.48. The molecule has 0 spiro atoms. The number of carbonyl (C=O) groups excluding carboxylic acids is 1. The highest BCUT2D eigenvalue weighted by Crippen LogP contribution is 2.30. The van der Waals surface area contributed by atoms with Crippen LogP contribution in [0.3, 0.4) is 0 Å². The van der Waals surface area contributed by atoms with Gasteiger partial charge in [0, 0.05) is 48.1 Å². The first-order valence-corrected chi connectivity index (χ1v) is 8.17. The summed E-state index contributed by atoms with van der Waals surface area (Å²) in [5.41, 5.74) is 0.309. The number of nitrogens with one attached hydrogen (secondary N) is 1. The fraction of sp³-hybridized carbons (Fsp3) is 0.500. The van der Waals surface area contributed by atoms with E-state index in [1.807, 2.05) is 6.07 Å². The highest BCUT2D eigenvalue weighted by molar-refractivity contribution is 6.06. The molecular weight excluding hydrogens is 306 g/mol. The molecule has 0 bridgehead atoms. The number of esters is 1. The van der Waals surface area contributed by atoms with Crippen LogP contribution in [0.2, 0.25) is 0 Å². The number of hydrogen-bond donors (Lipinski definition) is 1. The summed E-state index contributed by atoms with van der Waals surface area (Å²) in [6, 6.07) is 1.81. The van der Waals surface area contributed by atoms with Gasteiger partial charge in [-0.25, -0.2) is 9.78 Å². The van der Waals surface area contributed by atoms with Crippen LogP contribution < -0.4 is 5.32 Å². The largest absolute Gasteiger partial charge is 0.465 e. The highest BCUT2D eigenvalue weighted by Gasteiger charge is 2.27. The molecule has 2 aromatic rings. The normalized spacial score (nSPS) is 17.9. The molecule has 0 aromatic carbocycles. The van der Waals surface area contributed by atoms with Crippen molar-refractivity contribution in [2.45, 2.75) is 32.2 Å². The van der Waals surface area contributed by atoms with Crippen molar-refractivity contribution in [3.8, 4) is 0 Å². The van der Waals surface area contributed by atoms with E-state index in [9.17, 15) is 4.79 Å². The quantitative estimate of drug-likeness (QED) is 0.850. The lowest BCUT2D eigenvalue weighted by Gasteiger charge is -2.30. The van der Waals surface area contributed by atoms with Gasteiger partial charge >= 0.3 is 5.97 Å². The molecule has 24 heavy (non-hydrogen) atoms. The molecule has 0 amide bonds. The van der Waals surface area contributed by atoms with Crippen LogP contribution in [-0.4, -0.2) is 41.8 Å². The number of pyridine rings is 2. The molecule has 1 aliphatic rings. The molecular formula is C18H23N3O3. The fourth-order valence-electron chi connectivity index (χ4n) is 3.30. The van der Waals surface area contributed by atoms with E-state index in [-0.39, 0.29) is 5.54 Å². The molecule has 3 heterocycles. The molecule has 0 radical (unpaired) electrons. The standard InChI is InChI=1S/C18H23N3O3/c1-18(2,8-12-5-7-24-11-12)21-16-14-9-19-10-15(17(22)23-3)13(14)4-6-20-16/h4,6,9-10,12H,5,7-8,11H2,1-3H3,(H,20,21). The number of rotatable bonds is 5. The predicted molar refractivity (Wildman–Crippen MR) is 92.1 cm³/mol. The van der Waals surface area contributed by atoms with Crippen LogP contribution in [-0.2, 0) is 9.47 Å². The molecule has 3 rings (SSSR count). The van der Waals surface area contributed by atoms with Crippen molar-refractivity contribution in [3.05, 3.63) is 30.2 Å². The second-order valence-electron chi connectivity index (χ2n) is 6.88. The van der Waals surface area contributed by atoms with Crippen LogP contribution >= 0.6 is 0 Å². The van der Waals surface area contributed by atoms with Gasteiger partial charge in [0.25, 0.3) is 0 Å². The van der Waals surface area contributed by atoms with Gasteiger partial charge in [0.1, 0.15) is 5.82 Å². The smallest absolute Gasteiger partial charge is 0.340 e. The first-order chi connectivity index (χ1) is 11.5. The Bertz CT molecular complexity index is 739. The van der Waals surface area contributed by atoms with Crippen LogP contribution in [0.25, 0.3) is 10.8 Å². The van der Waals surface area contributed by atoms with Gasteiger partial charge in [-0.2, -0.15) is 0 Å². The number of anilines is 1. The van der Waals surface area contributed by atoms with Gasteiger partial charge in [-0.1, -0.05) is 0 Å². The van der Waals surface area contributed by atoms with Gasteiger partial charge in [-0.3, -0.25) is 4.98 Å². The van der Waals surface area contributed by atoms with Crippen molar-refractivity contribution in [3.63, 3.8) is 0 Å². The number of aromatic nitrogens is 2.